The van der Waals surface area contributed by atoms with Crippen LogP contribution in [0.3, 0.4) is 0 Å². The lowest BCUT2D eigenvalue weighted by molar-refractivity contribution is 0.0950. The first-order chi connectivity index (χ1) is 14.7. The van der Waals surface area contributed by atoms with Gasteiger partial charge in [0.05, 0.1) is 17.8 Å². The van der Waals surface area contributed by atoms with Gasteiger partial charge in [0.2, 0.25) is 0 Å². The first kappa shape index (κ1) is 18.8. The molecule has 1 aliphatic carbocycles. The van der Waals surface area contributed by atoms with Crippen molar-refractivity contribution in [3.8, 4) is 0 Å². The molecule has 0 aromatic carbocycles. The van der Waals surface area contributed by atoms with Crippen LogP contribution in [0.25, 0.3) is 16.7 Å². The van der Waals surface area contributed by atoms with Gasteiger partial charge in [0.15, 0.2) is 0 Å². The number of nitrogens with one attached hydrogen (secondary N) is 2. The molecule has 7 heteroatoms. The molecule has 0 aliphatic heterocycles. The second kappa shape index (κ2) is 7.91. The van der Waals surface area contributed by atoms with Crippen LogP contribution in [0.1, 0.15) is 40.9 Å². The third-order valence-corrected chi connectivity index (χ3v) is 5.95. The number of hydrogen-bond donors (Lipinski definition) is 2. The first-order valence-corrected chi connectivity index (χ1v) is 10.5. The molecule has 7 nitrogen and oxygen atoms in total. The van der Waals surface area contributed by atoms with Crippen molar-refractivity contribution in [3.63, 3.8) is 0 Å². The maximum absolute atomic E-state index is 12.5. The van der Waals surface area contributed by atoms with E-state index in [1.165, 1.54) is 24.8 Å². The lowest BCUT2D eigenvalue weighted by Gasteiger charge is -2.25. The molecule has 1 aliphatic rings. The highest BCUT2D eigenvalue weighted by Gasteiger charge is 2.16. The highest BCUT2D eigenvalue weighted by molar-refractivity contribution is 5.96. The van der Waals surface area contributed by atoms with Crippen molar-refractivity contribution in [3.05, 3.63) is 65.9 Å². The van der Waals surface area contributed by atoms with Crippen LogP contribution in [0.15, 0.2) is 49.1 Å². The first-order valence-electron chi connectivity index (χ1n) is 10.5. The molecule has 154 valence electrons. The molecular formula is C23H26N6O. The molecule has 30 heavy (non-hydrogen) atoms. The summed E-state index contributed by atoms with van der Waals surface area (Å²) >= 11 is 0. The van der Waals surface area contributed by atoms with Gasteiger partial charge in [0.25, 0.3) is 5.91 Å². The zero-order valence-corrected chi connectivity index (χ0v) is 17.1. The maximum Gasteiger partial charge on any atom is 0.253 e. The fraction of sp³-hybridized carbons (Fsp3) is 0.348. The Labute approximate surface area is 175 Å². The average molecular weight is 403 g/mol. The lowest BCUT2D eigenvalue weighted by atomic mass is 9.85. The summed E-state index contributed by atoms with van der Waals surface area (Å²) in [5.74, 6) is 0.709. The topological polar surface area (TPSA) is 76.2 Å². The number of carbonyl (C=O) groups is 1. The van der Waals surface area contributed by atoms with Crippen molar-refractivity contribution in [2.75, 3.05) is 6.54 Å². The van der Waals surface area contributed by atoms with Crippen LogP contribution in [-0.4, -0.2) is 31.4 Å². The molecule has 0 radical (unpaired) electrons. The molecule has 0 saturated heterocycles. The van der Waals surface area contributed by atoms with Crippen LogP contribution >= 0.6 is 0 Å². The Morgan fingerprint density at radius 1 is 1.20 bits per heavy atom. The minimum Gasteiger partial charge on any atom is -0.346 e. The normalized spacial score (nSPS) is 14.3. The molecule has 2 N–H and O–H groups in total. The Hall–Kier alpha value is -3.19. The van der Waals surface area contributed by atoms with E-state index in [1.54, 1.807) is 6.20 Å². The molecule has 1 fully saturated rings. The van der Waals surface area contributed by atoms with E-state index in [4.69, 9.17) is 0 Å². The van der Waals surface area contributed by atoms with Gasteiger partial charge >= 0.3 is 0 Å². The molecule has 4 aromatic rings. The second-order valence-electron chi connectivity index (χ2n) is 8.21. The van der Waals surface area contributed by atoms with E-state index in [2.05, 4.69) is 32.9 Å². The number of aromatic nitrogens is 4. The van der Waals surface area contributed by atoms with E-state index in [0.29, 0.717) is 12.1 Å². The smallest absolute Gasteiger partial charge is 0.253 e. The fourth-order valence-corrected chi connectivity index (χ4v) is 3.95. The summed E-state index contributed by atoms with van der Waals surface area (Å²) in [4.78, 5) is 21.5. The number of hydrogen-bond acceptors (Lipinski definition) is 4. The third-order valence-electron chi connectivity index (χ3n) is 5.95. The van der Waals surface area contributed by atoms with Gasteiger partial charge in [-0.2, -0.15) is 0 Å². The number of rotatable bonds is 7. The number of nitrogens with zero attached hydrogens (tertiary/aromatic N) is 4. The monoisotopic (exact) mass is 402 g/mol. The molecule has 4 heterocycles. The summed E-state index contributed by atoms with van der Waals surface area (Å²) in [7, 11) is 1.94. The van der Waals surface area contributed by atoms with Crippen LogP contribution < -0.4 is 10.6 Å². The zero-order valence-electron chi connectivity index (χ0n) is 17.1. The van der Waals surface area contributed by atoms with Crippen molar-refractivity contribution < 1.29 is 4.79 Å². The van der Waals surface area contributed by atoms with Gasteiger partial charge < -0.3 is 19.6 Å². The van der Waals surface area contributed by atoms with E-state index in [-0.39, 0.29) is 5.91 Å². The number of carbonyl (C=O) groups excluding carboxylic acids is 1. The standard InChI is InChI=1S/C23H26N6O/c1-28-8-7-18-9-19(12-25-22(18)28)23(30)26-13-20-15-29-14-17(5-6-21(29)27-20)11-24-10-16-3-2-4-16/h5-9,12,14-16,24H,2-4,10-11,13H2,1H3,(H,26,30). The molecule has 0 atom stereocenters. The van der Waals surface area contributed by atoms with Crippen molar-refractivity contribution >= 4 is 22.6 Å². The zero-order chi connectivity index (χ0) is 20.5. The average Bonchev–Trinajstić information content (AvgIpc) is 3.30. The van der Waals surface area contributed by atoms with E-state index in [9.17, 15) is 4.79 Å². The molecule has 4 aromatic heterocycles. The molecule has 0 unspecified atom stereocenters. The van der Waals surface area contributed by atoms with Gasteiger partial charge in [-0.25, -0.2) is 9.97 Å². The molecule has 1 amide bonds. The van der Waals surface area contributed by atoms with Crippen molar-refractivity contribution in [1.82, 2.24) is 29.6 Å². The van der Waals surface area contributed by atoms with E-state index in [1.807, 2.05) is 46.6 Å². The third kappa shape index (κ3) is 3.80. The summed E-state index contributed by atoms with van der Waals surface area (Å²) in [6.45, 7) is 2.34. The van der Waals surface area contributed by atoms with E-state index in [0.717, 1.165) is 41.4 Å². The molecular weight excluding hydrogens is 376 g/mol. The van der Waals surface area contributed by atoms with E-state index >= 15 is 0 Å². The molecule has 0 spiro atoms. The van der Waals surface area contributed by atoms with Crippen molar-refractivity contribution in [2.24, 2.45) is 13.0 Å². The molecule has 1 saturated carbocycles. The highest BCUT2D eigenvalue weighted by Crippen LogP contribution is 2.25. The second-order valence-corrected chi connectivity index (χ2v) is 8.21. The SMILES string of the molecule is Cn1ccc2cc(C(=O)NCc3cn4cc(CNCC5CCC5)ccc4n3)cnc21. The predicted molar refractivity (Wildman–Crippen MR) is 116 cm³/mol. The van der Waals surface area contributed by atoms with Crippen LogP contribution in [0.4, 0.5) is 0 Å². The molecule has 0 bridgehead atoms. The summed E-state index contributed by atoms with van der Waals surface area (Å²) in [5.41, 5.74) is 4.37. The van der Waals surface area contributed by atoms with Crippen molar-refractivity contribution in [1.29, 1.82) is 0 Å². The van der Waals surface area contributed by atoms with Gasteiger partial charge in [0, 0.05) is 43.8 Å². The number of fused-ring (bicyclic) bond motifs is 2. The van der Waals surface area contributed by atoms with Crippen LogP contribution in [0, 0.1) is 5.92 Å². The predicted octanol–water partition coefficient (Wildman–Crippen LogP) is 3.04. The summed E-state index contributed by atoms with van der Waals surface area (Å²) in [5, 5.41) is 7.45. The largest absolute Gasteiger partial charge is 0.346 e. The number of imidazole rings is 1. The van der Waals surface area contributed by atoms with Gasteiger partial charge in [-0.15, -0.1) is 0 Å². The minimum absolute atomic E-state index is 0.147. The Balaban J connectivity index is 1.21. The van der Waals surface area contributed by atoms with Gasteiger partial charge in [-0.05, 0) is 49.1 Å². The lowest BCUT2D eigenvalue weighted by Crippen LogP contribution is -2.26. The number of aryl methyl sites for hydroxylation is 1. The van der Waals surface area contributed by atoms with Gasteiger partial charge in [-0.1, -0.05) is 12.5 Å². The summed E-state index contributed by atoms with van der Waals surface area (Å²) in [6.07, 6.45) is 11.7. The van der Waals surface area contributed by atoms with Crippen LogP contribution in [0.5, 0.6) is 0 Å². The van der Waals surface area contributed by atoms with Crippen LogP contribution in [0.2, 0.25) is 0 Å². The minimum atomic E-state index is -0.147. The summed E-state index contributed by atoms with van der Waals surface area (Å²) < 4.78 is 3.96. The quantitative estimate of drug-likeness (QED) is 0.498. The Kier molecular flexibility index (Phi) is 4.96. The van der Waals surface area contributed by atoms with Gasteiger partial charge in [0.1, 0.15) is 11.3 Å². The maximum atomic E-state index is 12.5. The Morgan fingerprint density at radius 3 is 2.93 bits per heavy atom. The van der Waals surface area contributed by atoms with Crippen LogP contribution in [-0.2, 0) is 20.1 Å². The highest BCUT2D eigenvalue weighted by atomic mass is 16.1. The van der Waals surface area contributed by atoms with Gasteiger partial charge in [-0.3, -0.25) is 4.79 Å². The van der Waals surface area contributed by atoms with E-state index < -0.39 is 0 Å². The molecule has 5 rings (SSSR count). The Bertz CT molecular complexity index is 1200. The summed E-state index contributed by atoms with van der Waals surface area (Å²) in [6, 6.07) is 7.96. The van der Waals surface area contributed by atoms with Crippen molar-refractivity contribution in [2.45, 2.75) is 32.4 Å². The Morgan fingerprint density at radius 2 is 2.10 bits per heavy atom. The number of pyridine rings is 2. The fourth-order valence-electron chi connectivity index (χ4n) is 3.95. The number of amides is 1.